The van der Waals surface area contributed by atoms with Gasteiger partial charge in [-0.15, -0.1) is 0 Å². The maximum Gasteiger partial charge on any atom is 0.0475 e. The number of piperazine rings is 1. The Morgan fingerprint density at radius 3 is 2.57 bits per heavy atom. The molecule has 0 spiro atoms. The molecular weight excluding hydrogens is 258 g/mol. The molecule has 0 amide bonds. The molecule has 1 aromatic rings. The van der Waals surface area contributed by atoms with E-state index in [4.69, 9.17) is 0 Å². The summed E-state index contributed by atoms with van der Waals surface area (Å²) in [6.07, 6.45) is 1.21. The van der Waals surface area contributed by atoms with E-state index in [0.717, 1.165) is 26.2 Å². The number of nitrogens with zero attached hydrogens (tertiary/aromatic N) is 2. The number of hydrogen-bond acceptors (Lipinski definition) is 3. The second-order valence-corrected chi connectivity index (χ2v) is 6.85. The number of nitrogens with one attached hydrogen (secondary N) is 1. The van der Waals surface area contributed by atoms with Crippen LogP contribution in [0.25, 0.3) is 0 Å². The van der Waals surface area contributed by atoms with Crippen LogP contribution >= 0.6 is 0 Å². The van der Waals surface area contributed by atoms with E-state index in [-0.39, 0.29) is 0 Å². The lowest BCUT2D eigenvalue weighted by molar-refractivity contribution is 0.0499. The molecule has 118 valence electrons. The van der Waals surface area contributed by atoms with Gasteiger partial charge in [0, 0.05) is 38.8 Å². The number of rotatable bonds is 6. The average Bonchev–Trinajstić information content (AvgIpc) is 2.50. The van der Waals surface area contributed by atoms with E-state index in [1.54, 1.807) is 0 Å². The second kappa shape index (κ2) is 7.39. The fourth-order valence-electron chi connectivity index (χ4n) is 3.35. The summed E-state index contributed by atoms with van der Waals surface area (Å²) in [4.78, 5) is 5.14. The minimum absolute atomic E-state index is 0.345. The first-order chi connectivity index (χ1) is 10.1. The van der Waals surface area contributed by atoms with E-state index < -0.39 is 0 Å². The molecule has 1 aliphatic heterocycles. The molecule has 1 saturated heterocycles. The van der Waals surface area contributed by atoms with Gasteiger partial charge in [0.1, 0.15) is 0 Å². The smallest absolute Gasteiger partial charge is 0.0475 e. The minimum Gasteiger partial charge on any atom is -0.319 e. The van der Waals surface area contributed by atoms with Crippen molar-refractivity contribution in [3.05, 3.63) is 35.9 Å². The van der Waals surface area contributed by atoms with Crippen LogP contribution < -0.4 is 5.32 Å². The lowest BCUT2D eigenvalue weighted by Crippen LogP contribution is -2.51. The van der Waals surface area contributed by atoms with Crippen LogP contribution in [-0.2, 0) is 0 Å². The highest BCUT2D eigenvalue weighted by molar-refractivity contribution is 5.20. The number of likely N-dealkylation sites (N-methyl/N-ethyl adjacent to an activating group) is 1. The van der Waals surface area contributed by atoms with Gasteiger partial charge >= 0.3 is 0 Å². The van der Waals surface area contributed by atoms with Gasteiger partial charge in [0.15, 0.2) is 0 Å². The standard InChI is InChI=1S/C18H31N3/c1-5-18(2,14-19-3)15-21-12-11-20(4)13-17(21)16-9-7-6-8-10-16/h6-10,17,19H,5,11-15H2,1-4H3. The minimum atomic E-state index is 0.345. The van der Waals surface area contributed by atoms with Crippen molar-refractivity contribution in [2.45, 2.75) is 26.3 Å². The van der Waals surface area contributed by atoms with Gasteiger partial charge in [0.2, 0.25) is 0 Å². The topological polar surface area (TPSA) is 18.5 Å². The average molecular weight is 289 g/mol. The largest absolute Gasteiger partial charge is 0.319 e. The predicted octanol–water partition coefficient (Wildman–Crippen LogP) is 2.61. The van der Waals surface area contributed by atoms with E-state index in [1.165, 1.54) is 18.5 Å². The highest BCUT2D eigenvalue weighted by Gasteiger charge is 2.32. The van der Waals surface area contributed by atoms with E-state index in [9.17, 15) is 0 Å². The monoisotopic (exact) mass is 289 g/mol. The maximum absolute atomic E-state index is 3.38. The molecule has 0 aromatic heterocycles. The van der Waals surface area contributed by atoms with Gasteiger partial charge in [-0.1, -0.05) is 44.2 Å². The third-order valence-electron chi connectivity index (χ3n) is 4.92. The van der Waals surface area contributed by atoms with Gasteiger partial charge in [-0.05, 0) is 31.5 Å². The van der Waals surface area contributed by atoms with Crippen LogP contribution in [0.1, 0.15) is 31.9 Å². The summed E-state index contributed by atoms with van der Waals surface area (Å²) in [5.41, 5.74) is 1.80. The summed E-state index contributed by atoms with van der Waals surface area (Å²) in [7, 11) is 4.30. The fraction of sp³-hybridized carbons (Fsp3) is 0.667. The molecule has 2 atom stereocenters. The Bertz CT molecular complexity index is 420. The van der Waals surface area contributed by atoms with Crippen LogP contribution in [-0.4, -0.2) is 56.6 Å². The van der Waals surface area contributed by atoms with Gasteiger partial charge < -0.3 is 10.2 Å². The third-order valence-corrected chi connectivity index (χ3v) is 4.92. The Morgan fingerprint density at radius 1 is 1.24 bits per heavy atom. The van der Waals surface area contributed by atoms with Crippen molar-refractivity contribution in [1.82, 2.24) is 15.1 Å². The van der Waals surface area contributed by atoms with E-state index in [0.29, 0.717) is 11.5 Å². The molecule has 0 aliphatic carbocycles. The Hall–Kier alpha value is -0.900. The first-order valence-electron chi connectivity index (χ1n) is 8.20. The molecule has 21 heavy (non-hydrogen) atoms. The number of benzene rings is 1. The Morgan fingerprint density at radius 2 is 1.95 bits per heavy atom. The molecule has 2 rings (SSSR count). The van der Waals surface area contributed by atoms with Crippen molar-refractivity contribution >= 4 is 0 Å². The van der Waals surface area contributed by atoms with Gasteiger partial charge in [-0.3, -0.25) is 4.90 Å². The molecule has 1 fully saturated rings. The Labute approximate surface area is 130 Å². The zero-order valence-corrected chi connectivity index (χ0v) is 14.1. The van der Waals surface area contributed by atoms with Crippen LogP contribution in [0.5, 0.6) is 0 Å². The van der Waals surface area contributed by atoms with Crippen molar-refractivity contribution in [3.8, 4) is 0 Å². The highest BCUT2D eigenvalue weighted by Crippen LogP contribution is 2.30. The molecule has 0 saturated carbocycles. The van der Waals surface area contributed by atoms with E-state index >= 15 is 0 Å². The lowest BCUT2D eigenvalue weighted by Gasteiger charge is -2.44. The van der Waals surface area contributed by atoms with Gasteiger partial charge in [0.25, 0.3) is 0 Å². The quantitative estimate of drug-likeness (QED) is 0.868. The zero-order chi connectivity index (χ0) is 15.3. The molecular formula is C18H31N3. The molecule has 0 radical (unpaired) electrons. The van der Waals surface area contributed by atoms with E-state index in [2.05, 4.69) is 73.4 Å². The van der Waals surface area contributed by atoms with Crippen LogP contribution in [0.15, 0.2) is 30.3 Å². The van der Waals surface area contributed by atoms with Crippen molar-refractivity contribution in [2.75, 3.05) is 46.8 Å². The molecule has 2 unspecified atom stereocenters. The summed E-state index contributed by atoms with van der Waals surface area (Å²) in [6, 6.07) is 11.5. The Kier molecular flexibility index (Phi) is 5.80. The summed E-state index contributed by atoms with van der Waals surface area (Å²) < 4.78 is 0. The van der Waals surface area contributed by atoms with Gasteiger partial charge in [-0.2, -0.15) is 0 Å². The normalized spacial score (nSPS) is 23.9. The van der Waals surface area contributed by atoms with Crippen molar-refractivity contribution in [2.24, 2.45) is 5.41 Å². The molecule has 0 bridgehead atoms. The summed E-state index contributed by atoms with van der Waals surface area (Å²) in [5, 5.41) is 3.38. The van der Waals surface area contributed by atoms with Crippen LogP contribution in [0, 0.1) is 5.41 Å². The molecule has 3 heteroatoms. The van der Waals surface area contributed by atoms with Crippen molar-refractivity contribution in [3.63, 3.8) is 0 Å². The summed E-state index contributed by atoms with van der Waals surface area (Å²) in [5.74, 6) is 0. The molecule has 1 heterocycles. The first kappa shape index (κ1) is 16.5. The van der Waals surface area contributed by atoms with Gasteiger partial charge in [-0.25, -0.2) is 0 Å². The number of hydrogen-bond donors (Lipinski definition) is 1. The highest BCUT2D eigenvalue weighted by atomic mass is 15.3. The fourth-order valence-corrected chi connectivity index (χ4v) is 3.35. The summed E-state index contributed by atoms with van der Waals surface area (Å²) >= 11 is 0. The molecule has 1 aliphatic rings. The van der Waals surface area contributed by atoms with Gasteiger partial charge in [0.05, 0.1) is 0 Å². The zero-order valence-electron chi connectivity index (χ0n) is 14.1. The third kappa shape index (κ3) is 4.29. The molecule has 1 aromatic carbocycles. The Balaban J connectivity index is 2.15. The van der Waals surface area contributed by atoms with Crippen molar-refractivity contribution < 1.29 is 0 Å². The SMILES string of the molecule is CCC(C)(CNC)CN1CCN(C)CC1c1ccccc1. The summed E-state index contributed by atoms with van der Waals surface area (Å²) in [6.45, 7) is 10.4. The molecule has 3 nitrogen and oxygen atoms in total. The maximum atomic E-state index is 3.38. The van der Waals surface area contributed by atoms with Crippen LogP contribution in [0.3, 0.4) is 0 Å². The van der Waals surface area contributed by atoms with Crippen LogP contribution in [0.4, 0.5) is 0 Å². The predicted molar refractivity (Wildman–Crippen MR) is 90.6 cm³/mol. The molecule has 1 N–H and O–H groups in total. The van der Waals surface area contributed by atoms with E-state index in [1.807, 2.05) is 0 Å². The van der Waals surface area contributed by atoms with Crippen molar-refractivity contribution in [1.29, 1.82) is 0 Å². The first-order valence-corrected chi connectivity index (χ1v) is 8.20. The van der Waals surface area contributed by atoms with Crippen LogP contribution in [0.2, 0.25) is 0 Å². The second-order valence-electron chi connectivity index (χ2n) is 6.85. The lowest BCUT2D eigenvalue weighted by atomic mass is 9.85.